The van der Waals surface area contributed by atoms with Crippen molar-refractivity contribution in [2.45, 2.75) is 52.1 Å². The molecular weight excluding hydrogens is 232 g/mol. The lowest BCUT2D eigenvalue weighted by atomic mass is 10.2. The van der Waals surface area contributed by atoms with Gasteiger partial charge in [-0.05, 0) is 33.1 Å². The van der Waals surface area contributed by atoms with Crippen LogP contribution in [-0.2, 0) is 9.59 Å². The standard InChI is InChI=1S/C13H24N2O3/c1-4-10(3)14(9-13(17)18)8-12(16)15(5-2)11-6-7-11/h10-11H,4-9H2,1-3H3,(H,17,18). The van der Waals surface area contributed by atoms with Gasteiger partial charge in [0, 0.05) is 18.6 Å². The summed E-state index contributed by atoms with van der Waals surface area (Å²) < 4.78 is 0. The molecule has 0 aromatic rings. The molecule has 5 heteroatoms. The summed E-state index contributed by atoms with van der Waals surface area (Å²) >= 11 is 0. The minimum absolute atomic E-state index is 0.0570. The van der Waals surface area contributed by atoms with Gasteiger partial charge in [0.25, 0.3) is 0 Å². The molecule has 0 radical (unpaired) electrons. The van der Waals surface area contributed by atoms with Gasteiger partial charge in [0.15, 0.2) is 0 Å². The molecule has 0 spiro atoms. The van der Waals surface area contributed by atoms with Crippen LogP contribution in [0.3, 0.4) is 0 Å². The third kappa shape index (κ3) is 4.29. The first-order valence-electron chi connectivity index (χ1n) is 6.74. The monoisotopic (exact) mass is 256 g/mol. The molecule has 1 saturated carbocycles. The smallest absolute Gasteiger partial charge is 0.317 e. The Kier molecular flexibility index (Phi) is 5.59. The van der Waals surface area contributed by atoms with Gasteiger partial charge in [0.05, 0.1) is 13.1 Å². The summed E-state index contributed by atoms with van der Waals surface area (Å²) in [5, 5.41) is 8.89. The van der Waals surface area contributed by atoms with Gasteiger partial charge in [-0.15, -0.1) is 0 Å². The zero-order chi connectivity index (χ0) is 13.7. The minimum Gasteiger partial charge on any atom is -0.480 e. The van der Waals surface area contributed by atoms with Crippen molar-refractivity contribution in [2.75, 3.05) is 19.6 Å². The normalized spacial score (nSPS) is 16.7. The summed E-state index contributed by atoms with van der Waals surface area (Å²) in [6, 6.07) is 0.508. The number of aliphatic carboxylic acids is 1. The van der Waals surface area contributed by atoms with Crippen molar-refractivity contribution >= 4 is 11.9 Å². The molecule has 0 saturated heterocycles. The van der Waals surface area contributed by atoms with E-state index >= 15 is 0 Å². The fourth-order valence-corrected chi connectivity index (χ4v) is 2.09. The van der Waals surface area contributed by atoms with Crippen LogP contribution < -0.4 is 0 Å². The Bertz CT molecular complexity index is 303. The zero-order valence-corrected chi connectivity index (χ0v) is 11.6. The molecular formula is C13H24N2O3. The predicted octanol–water partition coefficient (Wildman–Crippen LogP) is 1.18. The van der Waals surface area contributed by atoms with Crippen LogP contribution >= 0.6 is 0 Å². The summed E-state index contributed by atoms with van der Waals surface area (Å²) in [5.74, 6) is -0.820. The average molecular weight is 256 g/mol. The number of carboxylic acids is 1. The van der Waals surface area contributed by atoms with Gasteiger partial charge in [0.1, 0.15) is 0 Å². The average Bonchev–Trinajstić information content (AvgIpc) is 3.12. The number of rotatable bonds is 8. The zero-order valence-electron chi connectivity index (χ0n) is 11.6. The summed E-state index contributed by atoms with van der Waals surface area (Å²) in [7, 11) is 0. The Hall–Kier alpha value is -1.10. The summed E-state index contributed by atoms with van der Waals surface area (Å²) in [4.78, 5) is 26.6. The van der Waals surface area contributed by atoms with Gasteiger partial charge in [-0.2, -0.15) is 0 Å². The Morgan fingerprint density at radius 3 is 2.28 bits per heavy atom. The van der Waals surface area contributed by atoms with Crippen LogP contribution in [0.5, 0.6) is 0 Å². The molecule has 1 N–H and O–H groups in total. The third-order valence-electron chi connectivity index (χ3n) is 3.54. The maximum Gasteiger partial charge on any atom is 0.317 e. The molecule has 0 aromatic carbocycles. The van der Waals surface area contributed by atoms with E-state index in [0.29, 0.717) is 12.6 Å². The molecule has 1 rings (SSSR count). The van der Waals surface area contributed by atoms with Crippen molar-refractivity contribution in [1.82, 2.24) is 9.80 Å². The first-order valence-corrected chi connectivity index (χ1v) is 6.74. The minimum atomic E-state index is -0.877. The molecule has 0 aromatic heterocycles. The summed E-state index contributed by atoms with van der Waals surface area (Å²) in [6.45, 7) is 6.80. The maximum absolute atomic E-state index is 12.2. The molecule has 1 aliphatic rings. The van der Waals surface area contributed by atoms with E-state index in [-0.39, 0.29) is 25.0 Å². The lowest BCUT2D eigenvalue weighted by Crippen LogP contribution is -2.46. The molecule has 1 atom stereocenters. The van der Waals surface area contributed by atoms with Gasteiger partial charge in [-0.3, -0.25) is 14.5 Å². The fourth-order valence-electron chi connectivity index (χ4n) is 2.09. The molecule has 1 unspecified atom stereocenters. The van der Waals surface area contributed by atoms with E-state index in [2.05, 4.69) is 0 Å². The molecule has 0 aliphatic heterocycles. The molecule has 104 valence electrons. The van der Waals surface area contributed by atoms with Crippen LogP contribution in [0, 0.1) is 0 Å². The fraction of sp³-hybridized carbons (Fsp3) is 0.846. The Morgan fingerprint density at radius 1 is 1.28 bits per heavy atom. The SMILES string of the molecule is CCC(C)N(CC(=O)O)CC(=O)N(CC)C1CC1. The van der Waals surface area contributed by atoms with Crippen LogP contribution in [0.2, 0.25) is 0 Å². The Balaban J connectivity index is 2.57. The number of carboxylic acid groups (broad SMARTS) is 1. The van der Waals surface area contributed by atoms with Crippen LogP contribution in [0.4, 0.5) is 0 Å². The number of hydrogen-bond acceptors (Lipinski definition) is 3. The van der Waals surface area contributed by atoms with Gasteiger partial charge < -0.3 is 10.0 Å². The highest BCUT2D eigenvalue weighted by Gasteiger charge is 2.32. The van der Waals surface area contributed by atoms with E-state index in [4.69, 9.17) is 5.11 Å². The number of nitrogens with zero attached hydrogens (tertiary/aromatic N) is 2. The van der Waals surface area contributed by atoms with E-state index < -0.39 is 5.97 Å². The quantitative estimate of drug-likeness (QED) is 0.708. The van der Waals surface area contributed by atoms with Crippen molar-refractivity contribution in [1.29, 1.82) is 0 Å². The second-order valence-electron chi connectivity index (χ2n) is 4.97. The summed E-state index contributed by atoms with van der Waals surface area (Å²) in [5.41, 5.74) is 0. The van der Waals surface area contributed by atoms with Gasteiger partial charge >= 0.3 is 5.97 Å². The second-order valence-corrected chi connectivity index (χ2v) is 4.97. The lowest BCUT2D eigenvalue weighted by Gasteiger charge is -2.29. The van der Waals surface area contributed by atoms with Gasteiger partial charge in [0.2, 0.25) is 5.91 Å². The number of carbonyl (C=O) groups is 2. The summed E-state index contributed by atoms with van der Waals surface area (Å²) in [6.07, 6.45) is 3.01. The highest BCUT2D eigenvalue weighted by atomic mass is 16.4. The van der Waals surface area contributed by atoms with E-state index in [1.807, 2.05) is 25.7 Å². The van der Waals surface area contributed by atoms with Crippen LogP contribution in [0.15, 0.2) is 0 Å². The van der Waals surface area contributed by atoms with Gasteiger partial charge in [-0.25, -0.2) is 0 Å². The van der Waals surface area contributed by atoms with Crippen molar-refractivity contribution in [3.05, 3.63) is 0 Å². The Morgan fingerprint density at radius 2 is 1.89 bits per heavy atom. The highest BCUT2D eigenvalue weighted by Crippen LogP contribution is 2.26. The topological polar surface area (TPSA) is 60.9 Å². The van der Waals surface area contributed by atoms with E-state index in [1.165, 1.54) is 0 Å². The van der Waals surface area contributed by atoms with E-state index in [0.717, 1.165) is 19.3 Å². The molecule has 0 heterocycles. The van der Waals surface area contributed by atoms with Crippen molar-refractivity contribution < 1.29 is 14.7 Å². The van der Waals surface area contributed by atoms with E-state index in [9.17, 15) is 9.59 Å². The van der Waals surface area contributed by atoms with Gasteiger partial charge in [-0.1, -0.05) is 6.92 Å². The number of likely N-dealkylation sites (N-methyl/N-ethyl adjacent to an activating group) is 1. The maximum atomic E-state index is 12.2. The Labute approximate surface area is 109 Å². The molecule has 0 bridgehead atoms. The van der Waals surface area contributed by atoms with Crippen molar-refractivity contribution in [3.8, 4) is 0 Å². The molecule has 1 fully saturated rings. The van der Waals surface area contributed by atoms with Crippen molar-refractivity contribution in [2.24, 2.45) is 0 Å². The van der Waals surface area contributed by atoms with Crippen molar-refractivity contribution in [3.63, 3.8) is 0 Å². The first kappa shape index (κ1) is 15.0. The van der Waals surface area contributed by atoms with Crippen LogP contribution in [-0.4, -0.2) is 58.5 Å². The number of carbonyl (C=O) groups excluding carboxylic acids is 1. The molecule has 18 heavy (non-hydrogen) atoms. The van der Waals surface area contributed by atoms with E-state index in [1.54, 1.807) is 4.90 Å². The second kappa shape index (κ2) is 6.73. The third-order valence-corrected chi connectivity index (χ3v) is 3.54. The molecule has 1 aliphatic carbocycles. The number of amides is 1. The van der Waals surface area contributed by atoms with Crippen LogP contribution in [0.25, 0.3) is 0 Å². The number of hydrogen-bond donors (Lipinski definition) is 1. The van der Waals surface area contributed by atoms with Crippen LogP contribution in [0.1, 0.15) is 40.0 Å². The highest BCUT2D eigenvalue weighted by molar-refractivity contribution is 5.79. The predicted molar refractivity (Wildman–Crippen MR) is 69.4 cm³/mol. The molecule has 5 nitrogen and oxygen atoms in total. The molecule has 1 amide bonds. The first-order chi connectivity index (χ1) is 8.49. The lowest BCUT2D eigenvalue weighted by molar-refractivity contribution is -0.140. The largest absolute Gasteiger partial charge is 0.480 e.